The number of ether oxygens (including phenoxy) is 4. The van der Waals surface area contributed by atoms with Crippen LogP contribution in [0.2, 0.25) is 0 Å². The lowest BCUT2D eigenvalue weighted by Gasteiger charge is -2.21. The van der Waals surface area contributed by atoms with E-state index < -0.39 is 11.9 Å². The molecule has 0 saturated carbocycles. The van der Waals surface area contributed by atoms with Crippen LogP contribution in [0.4, 0.5) is 0 Å². The fourth-order valence-corrected chi connectivity index (χ4v) is 3.22. The van der Waals surface area contributed by atoms with E-state index in [2.05, 4.69) is 0 Å². The first-order chi connectivity index (χ1) is 15.5. The highest BCUT2D eigenvalue weighted by molar-refractivity contribution is 6.01. The van der Waals surface area contributed by atoms with Gasteiger partial charge in [0.2, 0.25) is 11.5 Å². The van der Waals surface area contributed by atoms with E-state index in [1.807, 2.05) is 36.4 Å². The number of benzene rings is 4. The Morgan fingerprint density at radius 2 is 0.844 bits per heavy atom. The zero-order chi connectivity index (χ0) is 22.5. The van der Waals surface area contributed by atoms with E-state index in [0.29, 0.717) is 22.3 Å². The molecule has 4 aromatic carbocycles. The molecule has 6 heteroatoms. The van der Waals surface area contributed by atoms with E-state index in [9.17, 15) is 9.59 Å². The maximum absolute atomic E-state index is 12.0. The fourth-order valence-electron chi connectivity index (χ4n) is 3.22. The summed E-state index contributed by atoms with van der Waals surface area (Å²) in [5.74, 6) is 0.483. The molecule has 160 valence electrons. The molecular weight excluding hydrogens is 408 g/mol. The lowest BCUT2D eigenvalue weighted by Crippen LogP contribution is -2.08. The van der Waals surface area contributed by atoms with Gasteiger partial charge in [0.1, 0.15) is 11.5 Å². The van der Waals surface area contributed by atoms with Gasteiger partial charge in [-0.3, -0.25) is 9.59 Å². The minimum atomic E-state index is -0.529. The van der Waals surface area contributed by atoms with Crippen molar-refractivity contribution in [3.8, 4) is 34.5 Å². The molecule has 0 aliphatic heterocycles. The van der Waals surface area contributed by atoms with Crippen molar-refractivity contribution in [2.75, 3.05) is 0 Å². The SMILES string of the molecule is CC(=O)Oc1c(Oc2ccccc2)c(Oc2ccccc2)c(OC(C)=O)c2ccccc12. The Kier molecular flexibility index (Phi) is 6.03. The second-order valence-electron chi connectivity index (χ2n) is 6.88. The number of hydrogen-bond donors (Lipinski definition) is 0. The first-order valence-electron chi connectivity index (χ1n) is 9.94. The van der Waals surface area contributed by atoms with E-state index in [1.54, 1.807) is 48.5 Å². The second-order valence-corrected chi connectivity index (χ2v) is 6.88. The number of carbonyl (C=O) groups is 2. The van der Waals surface area contributed by atoms with Crippen LogP contribution < -0.4 is 18.9 Å². The zero-order valence-corrected chi connectivity index (χ0v) is 17.5. The Labute approximate surface area is 184 Å². The highest BCUT2D eigenvalue weighted by atomic mass is 16.6. The second kappa shape index (κ2) is 9.22. The molecule has 4 rings (SSSR count). The summed E-state index contributed by atoms with van der Waals surface area (Å²) in [7, 11) is 0. The van der Waals surface area contributed by atoms with Crippen LogP contribution in [0, 0.1) is 0 Å². The van der Waals surface area contributed by atoms with E-state index >= 15 is 0 Å². The van der Waals surface area contributed by atoms with Gasteiger partial charge in [-0.05, 0) is 24.3 Å². The predicted octanol–water partition coefficient (Wildman–Crippen LogP) is 6.28. The van der Waals surface area contributed by atoms with Gasteiger partial charge in [-0.2, -0.15) is 0 Å². The third-order valence-electron chi connectivity index (χ3n) is 4.45. The van der Waals surface area contributed by atoms with Crippen molar-refractivity contribution in [2.24, 2.45) is 0 Å². The quantitative estimate of drug-likeness (QED) is 0.266. The van der Waals surface area contributed by atoms with Gasteiger partial charge in [-0.25, -0.2) is 0 Å². The summed E-state index contributed by atoms with van der Waals surface area (Å²) in [6.45, 7) is 2.61. The average Bonchev–Trinajstić information content (AvgIpc) is 2.79. The average molecular weight is 428 g/mol. The monoisotopic (exact) mass is 428 g/mol. The molecule has 0 unspecified atom stereocenters. The summed E-state index contributed by atoms with van der Waals surface area (Å²) in [6.07, 6.45) is 0. The molecule has 0 aromatic heterocycles. The van der Waals surface area contributed by atoms with Crippen molar-refractivity contribution in [2.45, 2.75) is 13.8 Å². The van der Waals surface area contributed by atoms with Crippen LogP contribution in [-0.2, 0) is 9.59 Å². The maximum atomic E-state index is 12.0. The van der Waals surface area contributed by atoms with Crippen molar-refractivity contribution in [3.63, 3.8) is 0 Å². The molecule has 6 nitrogen and oxygen atoms in total. The third kappa shape index (κ3) is 4.54. The summed E-state index contributed by atoms with van der Waals surface area (Å²) < 4.78 is 23.5. The van der Waals surface area contributed by atoms with Crippen LogP contribution in [0.5, 0.6) is 34.5 Å². The number of hydrogen-bond acceptors (Lipinski definition) is 6. The Bertz CT molecular complexity index is 1170. The third-order valence-corrected chi connectivity index (χ3v) is 4.45. The Hall–Kier alpha value is -4.32. The predicted molar refractivity (Wildman–Crippen MR) is 120 cm³/mol. The van der Waals surface area contributed by atoms with Crippen molar-refractivity contribution < 1.29 is 28.5 Å². The lowest BCUT2D eigenvalue weighted by atomic mass is 10.1. The van der Waals surface area contributed by atoms with Crippen LogP contribution in [-0.4, -0.2) is 11.9 Å². The molecule has 0 fully saturated rings. The van der Waals surface area contributed by atoms with Crippen LogP contribution in [0.15, 0.2) is 84.9 Å². The number of esters is 2. The molecule has 0 aliphatic rings. The summed E-state index contributed by atoms with van der Waals surface area (Å²) in [5.41, 5.74) is 0. The van der Waals surface area contributed by atoms with Gasteiger partial charge in [0.15, 0.2) is 11.5 Å². The summed E-state index contributed by atoms with van der Waals surface area (Å²) in [6, 6.07) is 25.1. The molecular formula is C26H20O6. The van der Waals surface area contributed by atoms with Crippen LogP contribution in [0.1, 0.15) is 13.8 Å². The van der Waals surface area contributed by atoms with Gasteiger partial charge >= 0.3 is 11.9 Å². The molecule has 0 heterocycles. The van der Waals surface area contributed by atoms with Crippen molar-refractivity contribution in [1.82, 2.24) is 0 Å². The van der Waals surface area contributed by atoms with E-state index in [-0.39, 0.29) is 23.0 Å². The Morgan fingerprint density at radius 1 is 0.500 bits per heavy atom. The van der Waals surface area contributed by atoms with Crippen molar-refractivity contribution in [1.29, 1.82) is 0 Å². The highest BCUT2D eigenvalue weighted by Crippen LogP contribution is 2.54. The minimum absolute atomic E-state index is 0.116. The van der Waals surface area contributed by atoms with Gasteiger partial charge in [0.05, 0.1) is 0 Å². The highest BCUT2D eigenvalue weighted by Gasteiger charge is 2.27. The van der Waals surface area contributed by atoms with Crippen LogP contribution in [0.25, 0.3) is 10.8 Å². The minimum Gasteiger partial charge on any atom is -0.449 e. The zero-order valence-electron chi connectivity index (χ0n) is 17.5. The smallest absolute Gasteiger partial charge is 0.308 e. The largest absolute Gasteiger partial charge is 0.449 e. The van der Waals surface area contributed by atoms with Gasteiger partial charge in [0.25, 0.3) is 0 Å². The number of fused-ring (bicyclic) bond motifs is 1. The normalized spacial score (nSPS) is 10.4. The van der Waals surface area contributed by atoms with E-state index in [4.69, 9.17) is 18.9 Å². The lowest BCUT2D eigenvalue weighted by molar-refractivity contribution is -0.133. The van der Waals surface area contributed by atoms with Crippen molar-refractivity contribution in [3.05, 3.63) is 84.9 Å². The maximum Gasteiger partial charge on any atom is 0.308 e. The molecule has 0 radical (unpaired) electrons. The van der Waals surface area contributed by atoms with Gasteiger partial charge in [0, 0.05) is 24.6 Å². The summed E-state index contributed by atoms with van der Waals surface area (Å²) >= 11 is 0. The molecule has 0 saturated heterocycles. The Morgan fingerprint density at radius 3 is 1.19 bits per heavy atom. The number of para-hydroxylation sites is 2. The molecule has 32 heavy (non-hydrogen) atoms. The van der Waals surface area contributed by atoms with Gasteiger partial charge in [-0.1, -0.05) is 60.7 Å². The molecule has 0 aliphatic carbocycles. The summed E-state index contributed by atoms with van der Waals surface area (Å²) in [5, 5.41) is 1.07. The Balaban J connectivity index is 2.04. The molecule has 0 N–H and O–H groups in total. The molecule has 0 bridgehead atoms. The first-order valence-corrected chi connectivity index (χ1v) is 9.94. The van der Waals surface area contributed by atoms with Crippen LogP contribution >= 0.6 is 0 Å². The van der Waals surface area contributed by atoms with E-state index in [1.165, 1.54) is 13.8 Å². The number of carbonyl (C=O) groups excluding carboxylic acids is 2. The molecule has 0 atom stereocenters. The van der Waals surface area contributed by atoms with Gasteiger partial charge < -0.3 is 18.9 Å². The molecule has 0 amide bonds. The first kappa shape index (κ1) is 20.9. The fraction of sp³-hybridized carbons (Fsp3) is 0.0769. The van der Waals surface area contributed by atoms with Gasteiger partial charge in [-0.15, -0.1) is 0 Å². The number of rotatable bonds is 6. The van der Waals surface area contributed by atoms with Crippen molar-refractivity contribution >= 4 is 22.7 Å². The van der Waals surface area contributed by atoms with E-state index in [0.717, 1.165) is 0 Å². The van der Waals surface area contributed by atoms with Crippen LogP contribution in [0.3, 0.4) is 0 Å². The standard InChI is InChI=1S/C26H20O6/c1-17(27)29-23-21-15-9-10-16-22(21)24(30-18(2)28)26(32-20-13-7-4-8-14-20)25(23)31-19-11-5-3-6-12-19/h3-16H,1-2H3. The molecule has 0 spiro atoms. The summed E-state index contributed by atoms with van der Waals surface area (Å²) in [4.78, 5) is 24.0. The topological polar surface area (TPSA) is 71.1 Å². The molecule has 4 aromatic rings.